The maximum Gasteiger partial charge on any atom is 0.0406 e. The second-order valence-corrected chi connectivity index (χ2v) is 5.76. The van der Waals surface area contributed by atoms with Crippen LogP contribution in [0, 0.1) is 5.92 Å². The molecule has 18 heavy (non-hydrogen) atoms. The summed E-state index contributed by atoms with van der Waals surface area (Å²) in [5.74, 6) is 0.633. The molecule has 1 aromatic rings. The van der Waals surface area contributed by atoms with Crippen LogP contribution in [0.2, 0.25) is 5.02 Å². The zero-order chi connectivity index (χ0) is 13.0. The lowest BCUT2D eigenvalue weighted by Gasteiger charge is -2.33. The number of halogens is 1. The SMILES string of the molecule is C[C@@H](NC1CCCCC1CN)c1ccc(Cl)cc1. The fraction of sp³-hybridized carbons (Fsp3) is 0.600. The average Bonchev–Trinajstić information content (AvgIpc) is 2.40. The van der Waals surface area contributed by atoms with Crippen LogP contribution < -0.4 is 11.1 Å². The topological polar surface area (TPSA) is 38.0 Å². The molecule has 1 aliphatic carbocycles. The molecule has 3 heteroatoms. The molecule has 0 amide bonds. The van der Waals surface area contributed by atoms with Crippen LogP contribution in [0.25, 0.3) is 0 Å². The van der Waals surface area contributed by atoms with Gasteiger partial charge in [0.2, 0.25) is 0 Å². The van der Waals surface area contributed by atoms with Crippen molar-refractivity contribution in [3.8, 4) is 0 Å². The van der Waals surface area contributed by atoms with Crippen molar-refractivity contribution in [2.75, 3.05) is 6.54 Å². The minimum atomic E-state index is 0.361. The summed E-state index contributed by atoms with van der Waals surface area (Å²) in [6.07, 6.45) is 5.16. The van der Waals surface area contributed by atoms with Crippen molar-refractivity contribution in [3.63, 3.8) is 0 Å². The van der Waals surface area contributed by atoms with E-state index in [0.29, 0.717) is 18.0 Å². The Kier molecular flexibility index (Phi) is 5.04. The lowest BCUT2D eigenvalue weighted by molar-refractivity contribution is 0.252. The molecule has 0 aliphatic heterocycles. The Morgan fingerprint density at radius 2 is 1.94 bits per heavy atom. The van der Waals surface area contributed by atoms with Crippen molar-refractivity contribution < 1.29 is 0 Å². The van der Waals surface area contributed by atoms with Crippen LogP contribution in [0.3, 0.4) is 0 Å². The lowest BCUT2D eigenvalue weighted by Crippen LogP contribution is -2.42. The van der Waals surface area contributed by atoms with Gasteiger partial charge in [-0.05, 0) is 49.9 Å². The molecule has 1 aromatic carbocycles. The molecule has 0 saturated heterocycles. The summed E-state index contributed by atoms with van der Waals surface area (Å²) >= 11 is 5.92. The first kappa shape index (κ1) is 13.9. The molecule has 3 atom stereocenters. The van der Waals surface area contributed by atoms with Gasteiger partial charge in [0.15, 0.2) is 0 Å². The highest BCUT2D eigenvalue weighted by Gasteiger charge is 2.25. The Hall–Kier alpha value is -0.570. The molecule has 0 spiro atoms. The van der Waals surface area contributed by atoms with E-state index in [-0.39, 0.29) is 0 Å². The van der Waals surface area contributed by atoms with Gasteiger partial charge in [0.25, 0.3) is 0 Å². The minimum absolute atomic E-state index is 0.361. The largest absolute Gasteiger partial charge is 0.330 e. The average molecular weight is 267 g/mol. The molecule has 2 nitrogen and oxygen atoms in total. The van der Waals surface area contributed by atoms with E-state index in [4.69, 9.17) is 17.3 Å². The molecular formula is C15H23ClN2. The highest BCUT2D eigenvalue weighted by Crippen LogP contribution is 2.26. The van der Waals surface area contributed by atoms with Gasteiger partial charge in [-0.15, -0.1) is 0 Å². The summed E-state index contributed by atoms with van der Waals surface area (Å²) in [5.41, 5.74) is 7.16. The van der Waals surface area contributed by atoms with Gasteiger partial charge in [-0.25, -0.2) is 0 Å². The first-order chi connectivity index (χ1) is 8.70. The van der Waals surface area contributed by atoms with Crippen molar-refractivity contribution in [2.45, 2.75) is 44.7 Å². The number of hydrogen-bond donors (Lipinski definition) is 2. The Bertz CT molecular complexity index is 363. The quantitative estimate of drug-likeness (QED) is 0.875. The van der Waals surface area contributed by atoms with E-state index in [2.05, 4.69) is 24.4 Å². The van der Waals surface area contributed by atoms with E-state index in [1.807, 2.05) is 12.1 Å². The molecule has 0 aromatic heterocycles. The number of nitrogens with two attached hydrogens (primary N) is 1. The normalized spacial score (nSPS) is 25.9. The number of nitrogens with one attached hydrogen (secondary N) is 1. The van der Waals surface area contributed by atoms with Crippen LogP contribution in [0.15, 0.2) is 24.3 Å². The van der Waals surface area contributed by atoms with E-state index in [1.165, 1.54) is 31.2 Å². The maximum atomic E-state index is 5.92. The monoisotopic (exact) mass is 266 g/mol. The van der Waals surface area contributed by atoms with Gasteiger partial charge < -0.3 is 11.1 Å². The first-order valence-corrected chi connectivity index (χ1v) is 7.30. The van der Waals surface area contributed by atoms with Crippen LogP contribution in [0.1, 0.15) is 44.2 Å². The lowest BCUT2D eigenvalue weighted by atomic mass is 9.84. The smallest absolute Gasteiger partial charge is 0.0406 e. The van der Waals surface area contributed by atoms with E-state index >= 15 is 0 Å². The molecular weight excluding hydrogens is 244 g/mol. The van der Waals surface area contributed by atoms with Gasteiger partial charge in [-0.3, -0.25) is 0 Å². The van der Waals surface area contributed by atoms with Crippen molar-refractivity contribution >= 4 is 11.6 Å². The summed E-state index contributed by atoms with van der Waals surface area (Å²) < 4.78 is 0. The molecule has 1 fully saturated rings. The summed E-state index contributed by atoms with van der Waals surface area (Å²) in [5, 5.41) is 4.53. The summed E-state index contributed by atoms with van der Waals surface area (Å²) in [7, 11) is 0. The maximum absolute atomic E-state index is 5.92. The molecule has 0 bridgehead atoms. The summed E-state index contributed by atoms with van der Waals surface area (Å²) in [6, 6.07) is 9.03. The third-order valence-corrected chi connectivity index (χ3v) is 4.30. The number of rotatable bonds is 4. The van der Waals surface area contributed by atoms with Gasteiger partial charge in [0.05, 0.1) is 0 Å². The summed E-state index contributed by atoms with van der Waals surface area (Å²) in [4.78, 5) is 0. The van der Waals surface area contributed by atoms with Gasteiger partial charge >= 0.3 is 0 Å². The zero-order valence-electron chi connectivity index (χ0n) is 11.0. The van der Waals surface area contributed by atoms with Crippen LogP contribution in [-0.2, 0) is 0 Å². The molecule has 100 valence electrons. The van der Waals surface area contributed by atoms with Gasteiger partial charge in [0.1, 0.15) is 0 Å². The molecule has 3 N–H and O–H groups in total. The molecule has 1 aliphatic rings. The predicted octanol–water partition coefficient (Wildman–Crippen LogP) is 3.51. The van der Waals surface area contributed by atoms with Crippen molar-refractivity contribution in [2.24, 2.45) is 11.7 Å². The third-order valence-electron chi connectivity index (χ3n) is 4.05. The Morgan fingerprint density at radius 3 is 2.61 bits per heavy atom. The third kappa shape index (κ3) is 3.47. The van der Waals surface area contributed by atoms with Crippen LogP contribution in [-0.4, -0.2) is 12.6 Å². The zero-order valence-corrected chi connectivity index (χ0v) is 11.8. The predicted molar refractivity (Wildman–Crippen MR) is 77.8 cm³/mol. The Labute approximate surface area is 115 Å². The van der Waals surface area contributed by atoms with Crippen molar-refractivity contribution in [1.82, 2.24) is 5.32 Å². The molecule has 0 radical (unpaired) electrons. The minimum Gasteiger partial charge on any atom is -0.330 e. The van der Waals surface area contributed by atoms with Crippen LogP contribution in [0.5, 0.6) is 0 Å². The fourth-order valence-corrected chi connectivity index (χ4v) is 3.00. The highest BCUT2D eigenvalue weighted by atomic mass is 35.5. The second kappa shape index (κ2) is 6.55. The van der Waals surface area contributed by atoms with Gasteiger partial charge in [-0.2, -0.15) is 0 Å². The number of hydrogen-bond acceptors (Lipinski definition) is 2. The van der Waals surface area contributed by atoms with Crippen molar-refractivity contribution in [3.05, 3.63) is 34.9 Å². The highest BCUT2D eigenvalue weighted by molar-refractivity contribution is 6.30. The second-order valence-electron chi connectivity index (χ2n) is 5.33. The number of benzene rings is 1. The fourth-order valence-electron chi connectivity index (χ4n) is 2.88. The molecule has 2 unspecified atom stereocenters. The van der Waals surface area contributed by atoms with Gasteiger partial charge in [-0.1, -0.05) is 36.6 Å². The van der Waals surface area contributed by atoms with Crippen LogP contribution >= 0.6 is 11.6 Å². The van der Waals surface area contributed by atoms with Crippen LogP contribution in [0.4, 0.5) is 0 Å². The first-order valence-electron chi connectivity index (χ1n) is 6.92. The van der Waals surface area contributed by atoms with Gasteiger partial charge in [0, 0.05) is 17.1 Å². The standard InChI is InChI=1S/C15H23ClN2/c1-11(12-6-8-14(16)9-7-12)18-15-5-3-2-4-13(15)10-17/h6-9,11,13,15,18H,2-5,10,17H2,1H3/t11-,13?,15?/m1/s1. The van der Waals surface area contributed by atoms with E-state index in [1.54, 1.807) is 0 Å². The molecule has 2 rings (SSSR count). The van der Waals surface area contributed by atoms with Crippen molar-refractivity contribution in [1.29, 1.82) is 0 Å². The molecule has 0 heterocycles. The summed E-state index contributed by atoms with van der Waals surface area (Å²) in [6.45, 7) is 3.01. The Balaban J connectivity index is 1.97. The van der Waals surface area contributed by atoms with E-state index in [0.717, 1.165) is 11.6 Å². The van der Waals surface area contributed by atoms with E-state index in [9.17, 15) is 0 Å². The molecule has 1 saturated carbocycles. The van der Waals surface area contributed by atoms with E-state index < -0.39 is 0 Å². The Morgan fingerprint density at radius 1 is 1.28 bits per heavy atom.